The first-order valence-electron chi connectivity index (χ1n) is 10.2. The predicted molar refractivity (Wildman–Crippen MR) is 101 cm³/mol. The van der Waals surface area contributed by atoms with Crippen LogP contribution in [0.3, 0.4) is 0 Å². The minimum Gasteiger partial charge on any atom is -0.468 e. The molecule has 4 aliphatic carbocycles. The van der Waals surface area contributed by atoms with Crippen LogP contribution in [-0.2, 0) is 19.1 Å². The number of Topliss-reactive ketones (excluding diaryl/α,β-unsaturated/α-hetero) is 1. The Morgan fingerprint density at radius 1 is 1.31 bits per heavy atom. The first kappa shape index (κ1) is 20.4. The second kappa shape index (κ2) is 6.59. The Morgan fingerprint density at radius 3 is 2.69 bits per heavy atom. The van der Waals surface area contributed by atoms with Crippen LogP contribution in [0.5, 0.6) is 0 Å². The molecule has 0 spiro atoms. The molecular formula is C22H28O7. The van der Waals surface area contributed by atoms with Crippen LogP contribution in [0.1, 0.15) is 39.0 Å². The highest BCUT2D eigenvalue weighted by Crippen LogP contribution is 2.67. The minimum atomic E-state index is -2.05. The van der Waals surface area contributed by atoms with Crippen molar-refractivity contribution >= 4 is 17.5 Å². The number of carbonyl (C=O) groups is 3. The Labute approximate surface area is 169 Å². The van der Waals surface area contributed by atoms with Gasteiger partial charge in [0, 0.05) is 11.3 Å². The Kier molecular flexibility index (Phi) is 4.64. The van der Waals surface area contributed by atoms with Gasteiger partial charge < -0.3 is 20.1 Å². The smallest absolute Gasteiger partial charge is 0.315 e. The van der Waals surface area contributed by atoms with E-state index in [0.717, 1.165) is 5.57 Å². The summed E-state index contributed by atoms with van der Waals surface area (Å²) in [6.07, 6.45) is 5.73. The summed E-state index contributed by atoms with van der Waals surface area (Å²) in [6, 6.07) is 0. The number of allylic oxidation sites excluding steroid dienone is 4. The molecule has 0 aromatic carbocycles. The molecule has 0 amide bonds. The lowest BCUT2D eigenvalue weighted by molar-refractivity contribution is -0.204. The first-order valence-corrected chi connectivity index (χ1v) is 10.2. The van der Waals surface area contributed by atoms with Gasteiger partial charge in [-0.3, -0.25) is 14.4 Å². The number of hydrogen-bond acceptors (Lipinski definition) is 7. The van der Waals surface area contributed by atoms with Crippen LogP contribution in [0.25, 0.3) is 0 Å². The maximum absolute atomic E-state index is 13.0. The molecule has 0 radical (unpaired) electrons. The van der Waals surface area contributed by atoms with Crippen molar-refractivity contribution in [2.45, 2.75) is 50.7 Å². The van der Waals surface area contributed by atoms with E-state index >= 15 is 0 Å². The molecule has 3 fully saturated rings. The molecule has 7 atom stereocenters. The SMILES string of the molecule is COC(=O)[C@]12CC(O)[C@H]3[C@@H](CCC4=CC(=O)C=C[C@@]43C)[C@@H]1CC[C@]2(O)C(=O)CO. The van der Waals surface area contributed by atoms with Crippen molar-refractivity contribution in [1.82, 2.24) is 0 Å². The molecule has 0 aliphatic heterocycles. The van der Waals surface area contributed by atoms with E-state index in [4.69, 9.17) is 4.74 Å². The monoisotopic (exact) mass is 404 g/mol. The van der Waals surface area contributed by atoms with Crippen molar-refractivity contribution in [3.8, 4) is 0 Å². The molecular weight excluding hydrogens is 376 g/mol. The van der Waals surface area contributed by atoms with E-state index in [1.807, 2.05) is 13.0 Å². The summed E-state index contributed by atoms with van der Waals surface area (Å²) in [4.78, 5) is 37.5. The van der Waals surface area contributed by atoms with Crippen LogP contribution in [0.15, 0.2) is 23.8 Å². The molecule has 29 heavy (non-hydrogen) atoms. The largest absolute Gasteiger partial charge is 0.468 e. The standard InChI is InChI=1S/C22H28O7/c1-20-7-5-13(24)9-12(20)3-4-14-15-6-8-22(28,17(26)11-23)21(15,19(27)29-2)10-16(25)18(14)20/h5,7,9,14-16,18,23,25,28H,3-4,6,8,10-11H2,1-2H3/t14-,15-,16?,18+,20-,21-,22-/m0/s1. The molecule has 3 N–H and O–H groups in total. The van der Waals surface area contributed by atoms with Gasteiger partial charge in [-0.15, -0.1) is 0 Å². The van der Waals surface area contributed by atoms with Crippen LogP contribution < -0.4 is 0 Å². The van der Waals surface area contributed by atoms with Gasteiger partial charge in [0.1, 0.15) is 17.6 Å². The van der Waals surface area contributed by atoms with E-state index in [1.165, 1.54) is 13.2 Å². The summed E-state index contributed by atoms with van der Waals surface area (Å²) in [5.74, 6) is -2.29. The van der Waals surface area contributed by atoms with E-state index in [1.54, 1.807) is 6.08 Å². The Balaban J connectivity index is 1.83. The van der Waals surface area contributed by atoms with Gasteiger partial charge in [-0.25, -0.2) is 0 Å². The number of aliphatic hydroxyl groups is 3. The Hall–Kier alpha value is -1.83. The van der Waals surface area contributed by atoms with Gasteiger partial charge in [0.15, 0.2) is 11.6 Å². The lowest BCUT2D eigenvalue weighted by Crippen LogP contribution is -2.66. The van der Waals surface area contributed by atoms with Gasteiger partial charge in [0.2, 0.25) is 0 Å². The van der Waals surface area contributed by atoms with Gasteiger partial charge in [-0.2, -0.15) is 0 Å². The summed E-state index contributed by atoms with van der Waals surface area (Å²) >= 11 is 0. The average Bonchev–Trinajstić information content (AvgIpc) is 3.01. The molecule has 3 saturated carbocycles. The predicted octanol–water partition coefficient (Wildman–Crippen LogP) is 0.711. The highest BCUT2D eigenvalue weighted by Gasteiger charge is 2.73. The number of ketones is 2. The van der Waals surface area contributed by atoms with Crippen molar-refractivity contribution < 1.29 is 34.4 Å². The number of hydrogen-bond donors (Lipinski definition) is 3. The fourth-order valence-corrected chi connectivity index (χ4v) is 7.09. The molecule has 0 saturated heterocycles. The van der Waals surface area contributed by atoms with Crippen LogP contribution >= 0.6 is 0 Å². The van der Waals surface area contributed by atoms with Crippen molar-refractivity contribution in [2.75, 3.05) is 13.7 Å². The molecule has 4 aliphatic rings. The zero-order valence-corrected chi connectivity index (χ0v) is 16.8. The number of methoxy groups -OCH3 is 1. The van der Waals surface area contributed by atoms with Gasteiger partial charge in [-0.1, -0.05) is 18.6 Å². The van der Waals surface area contributed by atoms with E-state index in [-0.39, 0.29) is 36.4 Å². The molecule has 158 valence electrons. The van der Waals surface area contributed by atoms with Crippen LogP contribution in [0, 0.1) is 28.6 Å². The normalized spacial score (nSPS) is 45.7. The fourth-order valence-electron chi connectivity index (χ4n) is 7.09. The topological polar surface area (TPSA) is 121 Å². The average molecular weight is 404 g/mol. The van der Waals surface area contributed by atoms with Crippen molar-refractivity contribution in [3.05, 3.63) is 23.8 Å². The van der Waals surface area contributed by atoms with E-state index < -0.39 is 40.9 Å². The van der Waals surface area contributed by atoms with Crippen molar-refractivity contribution in [1.29, 1.82) is 0 Å². The second-order valence-corrected chi connectivity index (χ2v) is 9.24. The number of esters is 1. The number of rotatable bonds is 3. The molecule has 0 bridgehead atoms. The number of carbonyl (C=O) groups excluding carboxylic acids is 3. The Bertz CT molecular complexity index is 829. The van der Waals surface area contributed by atoms with Crippen LogP contribution in [0.2, 0.25) is 0 Å². The molecule has 4 rings (SSSR count). The molecule has 0 aromatic heterocycles. The van der Waals surface area contributed by atoms with E-state index in [9.17, 15) is 29.7 Å². The van der Waals surface area contributed by atoms with Crippen molar-refractivity contribution in [3.63, 3.8) is 0 Å². The molecule has 0 aromatic rings. The van der Waals surface area contributed by atoms with Gasteiger partial charge in [0.25, 0.3) is 0 Å². The second-order valence-electron chi connectivity index (χ2n) is 9.24. The third-order valence-electron chi connectivity index (χ3n) is 8.31. The van der Waals surface area contributed by atoms with Crippen LogP contribution in [-0.4, -0.2) is 58.3 Å². The Morgan fingerprint density at radius 2 is 2.03 bits per heavy atom. The third-order valence-corrected chi connectivity index (χ3v) is 8.31. The summed E-state index contributed by atoms with van der Waals surface area (Å²) in [7, 11) is 1.22. The van der Waals surface area contributed by atoms with E-state index in [2.05, 4.69) is 0 Å². The first-order chi connectivity index (χ1) is 13.7. The van der Waals surface area contributed by atoms with E-state index in [0.29, 0.717) is 19.3 Å². The number of ether oxygens (including phenoxy) is 1. The highest BCUT2D eigenvalue weighted by atomic mass is 16.5. The van der Waals surface area contributed by atoms with Gasteiger partial charge >= 0.3 is 5.97 Å². The zero-order valence-electron chi connectivity index (χ0n) is 16.8. The molecule has 7 nitrogen and oxygen atoms in total. The third kappa shape index (κ3) is 2.44. The maximum Gasteiger partial charge on any atom is 0.315 e. The van der Waals surface area contributed by atoms with Crippen molar-refractivity contribution in [2.24, 2.45) is 28.6 Å². The highest BCUT2D eigenvalue weighted by molar-refractivity contribution is 6.01. The van der Waals surface area contributed by atoms with Gasteiger partial charge in [-0.05, 0) is 56.1 Å². The number of aliphatic hydroxyl groups excluding tert-OH is 2. The lowest BCUT2D eigenvalue weighted by atomic mass is 9.45. The molecule has 0 heterocycles. The molecule has 7 heteroatoms. The lowest BCUT2D eigenvalue weighted by Gasteiger charge is -2.59. The summed E-state index contributed by atoms with van der Waals surface area (Å²) < 4.78 is 5.04. The quantitative estimate of drug-likeness (QED) is 0.592. The number of fused-ring (bicyclic) bond motifs is 5. The zero-order chi connectivity index (χ0) is 21.2. The van der Waals surface area contributed by atoms with Crippen LogP contribution in [0.4, 0.5) is 0 Å². The van der Waals surface area contributed by atoms with Gasteiger partial charge in [0.05, 0.1) is 13.2 Å². The fraction of sp³-hybridized carbons (Fsp3) is 0.682. The minimum absolute atomic E-state index is 0.0514. The summed E-state index contributed by atoms with van der Waals surface area (Å²) in [6.45, 7) is 1.13. The molecule has 1 unspecified atom stereocenters. The summed E-state index contributed by atoms with van der Waals surface area (Å²) in [5, 5.41) is 32.1. The maximum atomic E-state index is 13.0. The summed E-state index contributed by atoms with van der Waals surface area (Å²) in [5.41, 5.74) is -3.16.